The molecule has 2 atom stereocenters. The molecule has 7 heteroatoms. The van der Waals surface area contributed by atoms with Crippen LogP contribution in [-0.2, 0) is 24.1 Å². The first-order valence-corrected chi connectivity index (χ1v) is 12.7. The predicted molar refractivity (Wildman–Crippen MR) is 113 cm³/mol. The van der Waals surface area contributed by atoms with Gasteiger partial charge in [0.1, 0.15) is 4.83 Å². The average molecular weight is 411 g/mol. The molecule has 0 radical (unpaired) electrons. The molecule has 0 saturated carbocycles. The molecule has 0 bridgehead atoms. The first-order chi connectivity index (χ1) is 12.7. The highest BCUT2D eigenvalue weighted by atomic mass is 32.2. The Morgan fingerprint density at radius 2 is 2.23 bits per heavy atom. The van der Waals surface area contributed by atoms with Gasteiger partial charge in [-0.2, -0.15) is 11.8 Å². The Labute approximate surface area is 167 Å². The van der Waals surface area contributed by atoms with Crippen LogP contribution in [0.5, 0.6) is 0 Å². The normalized spacial score (nSPS) is 22.8. The molecule has 142 valence electrons. The van der Waals surface area contributed by atoms with Crippen LogP contribution in [0.15, 0.2) is 9.95 Å². The highest BCUT2D eigenvalue weighted by Gasteiger charge is 2.26. The van der Waals surface area contributed by atoms with Gasteiger partial charge in [0, 0.05) is 23.0 Å². The van der Waals surface area contributed by atoms with Crippen LogP contribution in [0.4, 0.5) is 0 Å². The number of aryl methyl sites for hydroxylation is 1. The molecule has 2 aromatic heterocycles. The van der Waals surface area contributed by atoms with Crippen molar-refractivity contribution in [1.29, 1.82) is 0 Å². The van der Waals surface area contributed by atoms with Crippen LogP contribution >= 0.6 is 34.9 Å². The van der Waals surface area contributed by atoms with Crippen molar-refractivity contribution in [1.82, 2.24) is 9.55 Å². The summed E-state index contributed by atoms with van der Waals surface area (Å²) in [6.45, 7) is 3.76. The number of fused-ring (bicyclic) bond motifs is 3. The van der Waals surface area contributed by atoms with Crippen molar-refractivity contribution in [2.75, 3.05) is 24.4 Å². The molecule has 1 aliphatic carbocycles. The zero-order valence-corrected chi connectivity index (χ0v) is 17.9. The molecule has 2 aliphatic rings. The van der Waals surface area contributed by atoms with Crippen molar-refractivity contribution < 1.29 is 4.74 Å². The van der Waals surface area contributed by atoms with Gasteiger partial charge in [-0.05, 0) is 49.8 Å². The molecule has 0 N–H and O–H groups in total. The number of ether oxygens (including phenoxy) is 1. The van der Waals surface area contributed by atoms with Crippen LogP contribution in [0.25, 0.3) is 10.2 Å². The van der Waals surface area contributed by atoms with E-state index < -0.39 is 0 Å². The molecule has 4 rings (SSSR count). The quantitative estimate of drug-likeness (QED) is 0.405. The first-order valence-electron chi connectivity index (χ1n) is 9.45. The molecular weight excluding hydrogens is 384 g/mol. The zero-order chi connectivity index (χ0) is 18.1. The maximum atomic E-state index is 13.4. The fraction of sp³-hybridized carbons (Fsp3) is 0.684. The van der Waals surface area contributed by atoms with Gasteiger partial charge >= 0.3 is 0 Å². The van der Waals surface area contributed by atoms with E-state index in [9.17, 15) is 4.79 Å². The van der Waals surface area contributed by atoms with Crippen LogP contribution in [-0.4, -0.2) is 40.0 Å². The summed E-state index contributed by atoms with van der Waals surface area (Å²) in [5.41, 5.74) is 1.44. The van der Waals surface area contributed by atoms with E-state index in [0.29, 0.717) is 12.5 Å². The van der Waals surface area contributed by atoms with Gasteiger partial charge < -0.3 is 4.74 Å². The molecule has 4 nitrogen and oxygen atoms in total. The van der Waals surface area contributed by atoms with E-state index >= 15 is 0 Å². The van der Waals surface area contributed by atoms with Gasteiger partial charge in [-0.3, -0.25) is 9.36 Å². The summed E-state index contributed by atoms with van der Waals surface area (Å²) in [5.74, 6) is 2.75. The first kappa shape index (κ1) is 18.8. The van der Waals surface area contributed by atoms with E-state index in [0.717, 1.165) is 59.2 Å². The monoisotopic (exact) mass is 410 g/mol. The van der Waals surface area contributed by atoms with Crippen molar-refractivity contribution in [3.05, 3.63) is 20.8 Å². The van der Waals surface area contributed by atoms with E-state index in [1.165, 1.54) is 16.9 Å². The van der Waals surface area contributed by atoms with Crippen molar-refractivity contribution in [3.8, 4) is 0 Å². The van der Waals surface area contributed by atoms with Gasteiger partial charge in [0.05, 0.1) is 18.0 Å². The summed E-state index contributed by atoms with van der Waals surface area (Å²) in [6.07, 6.45) is 7.69. The molecule has 1 aliphatic heterocycles. The average Bonchev–Trinajstić information content (AvgIpc) is 3.25. The molecular formula is C19H26N2O2S3. The van der Waals surface area contributed by atoms with Crippen molar-refractivity contribution in [3.63, 3.8) is 0 Å². The number of thiophene rings is 1. The fourth-order valence-corrected chi connectivity index (χ4v) is 6.97. The predicted octanol–water partition coefficient (Wildman–Crippen LogP) is 4.22. The lowest BCUT2D eigenvalue weighted by Gasteiger charge is -2.18. The molecule has 0 aromatic carbocycles. The molecule has 1 saturated heterocycles. The number of aromatic nitrogens is 2. The summed E-state index contributed by atoms with van der Waals surface area (Å²) in [5, 5.41) is 1.77. The number of rotatable bonds is 6. The lowest BCUT2D eigenvalue weighted by molar-refractivity contribution is 0.0937. The minimum atomic E-state index is 0.154. The standard InChI is InChI=1S/C19H26N2O2S3/c1-12-5-6-14-15(10-12)26-17-16(14)18(22)21(11-13-4-3-7-23-13)19(20-17)25-9-8-24-2/h12-13H,3-11H2,1-2H3. The summed E-state index contributed by atoms with van der Waals surface area (Å²) >= 11 is 5.29. The number of nitrogens with zero attached hydrogens (tertiary/aromatic N) is 2. The molecule has 0 amide bonds. The third-order valence-corrected chi connectivity index (χ3v) is 8.31. The minimum absolute atomic E-state index is 0.154. The second kappa shape index (κ2) is 8.25. The lowest BCUT2D eigenvalue weighted by Crippen LogP contribution is -2.29. The Morgan fingerprint density at radius 1 is 1.35 bits per heavy atom. The Bertz CT molecular complexity index is 839. The Kier molecular flexibility index (Phi) is 5.98. The van der Waals surface area contributed by atoms with Gasteiger partial charge in [0.2, 0.25) is 0 Å². The van der Waals surface area contributed by atoms with Crippen LogP contribution in [0.3, 0.4) is 0 Å². The van der Waals surface area contributed by atoms with Crippen molar-refractivity contribution >= 4 is 45.1 Å². The zero-order valence-electron chi connectivity index (χ0n) is 15.5. The van der Waals surface area contributed by atoms with Crippen molar-refractivity contribution in [2.45, 2.75) is 56.8 Å². The summed E-state index contributed by atoms with van der Waals surface area (Å²) in [4.78, 5) is 20.7. The highest BCUT2D eigenvalue weighted by Crippen LogP contribution is 2.36. The number of hydrogen-bond acceptors (Lipinski definition) is 6. The molecule has 2 unspecified atom stereocenters. The Morgan fingerprint density at radius 3 is 3.00 bits per heavy atom. The summed E-state index contributed by atoms with van der Waals surface area (Å²) in [6, 6.07) is 0. The third-order valence-electron chi connectivity index (χ3n) is 5.31. The molecule has 3 heterocycles. The van der Waals surface area contributed by atoms with E-state index in [4.69, 9.17) is 9.72 Å². The maximum absolute atomic E-state index is 13.4. The van der Waals surface area contributed by atoms with Crippen molar-refractivity contribution in [2.24, 2.45) is 5.92 Å². The van der Waals surface area contributed by atoms with Crippen LogP contribution < -0.4 is 5.56 Å². The highest BCUT2D eigenvalue weighted by molar-refractivity contribution is 8.02. The van der Waals surface area contributed by atoms with Gasteiger partial charge in [-0.1, -0.05) is 18.7 Å². The van der Waals surface area contributed by atoms with Crippen LogP contribution in [0, 0.1) is 5.92 Å². The van der Waals surface area contributed by atoms with Gasteiger partial charge in [0.15, 0.2) is 5.16 Å². The lowest BCUT2D eigenvalue weighted by atomic mass is 9.89. The third kappa shape index (κ3) is 3.73. The summed E-state index contributed by atoms with van der Waals surface area (Å²) < 4.78 is 7.73. The number of thioether (sulfide) groups is 2. The van der Waals surface area contributed by atoms with Gasteiger partial charge in [-0.15, -0.1) is 11.3 Å². The van der Waals surface area contributed by atoms with E-state index in [1.807, 2.05) is 16.3 Å². The summed E-state index contributed by atoms with van der Waals surface area (Å²) in [7, 11) is 0. The largest absolute Gasteiger partial charge is 0.376 e. The molecule has 2 aromatic rings. The Balaban J connectivity index is 1.77. The second-order valence-electron chi connectivity index (χ2n) is 7.32. The van der Waals surface area contributed by atoms with Gasteiger partial charge in [-0.25, -0.2) is 4.98 Å². The molecule has 26 heavy (non-hydrogen) atoms. The van der Waals surface area contributed by atoms with Crippen LogP contribution in [0.1, 0.15) is 36.6 Å². The number of hydrogen-bond donors (Lipinski definition) is 0. The van der Waals surface area contributed by atoms with E-state index in [2.05, 4.69) is 13.2 Å². The molecule has 1 fully saturated rings. The fourth-order valence-electron chi connectivity index (χ4n) is 3.88. The van der Waals surface area contributed by atoms with Gasteiger partial charge in [0.25, 0.3) is 5.56 Å². The maximum Gasteiger partial charge on any atom is 0.263 e. The smallest absolute Gasteiger partial charge is 0.263 e. The van der Waals surface area contributed by atoms with Crippen LogP contribution in [0.2, 0.25) is 0 Å². The SMILES string of the molecule is CSCCSc1nc2sc3c(c2c(=O)n1CC1CCCO1)CCC(C)C3. The van der Waals surface area contributed by atoms with E-state index in [-0.39, 0.29) is 11.7 Å². The topological polar surface area (TPSA) is 44.1 Å². The van der Waals surface area contributed by atoms with E-state index in [1.54, 1.807) is 23.1 Å². The minimum Gasteiger partial charge on any atom is -0.376 e. The second-order valence-corrected chi connectivity index (χ2v) is 10.4. The molecule has 0 spiro atoms. The Hall–Kier alpha value is -0.500.